The summed E-state index contributed by atoms with van der Waals surface area (Å²) in [5.41, 5.74) is 12.8. The van der Waals surface area contributed by atoms with Crippen molar-refractivity contribution in [3.05, 3.63) is 182 Å². The third kappa shape index (κ3) is 4.61. The first-order chi connectivity index (χ1) is 22.7. The van der Waals surface area contributed by atoms with Gasteiger partial charge in [0.05, 0.1) is 28.1 Å². The minimum atomic E-state index is 0.605. The fourth-order valence-corrected chi connectivity index (χ4v) is 6.63. The van der Waals surface area contributed by atoms with Crippen LogP contribution in [0.3, 0.4) is 0 Å². The molecule has 0 saturated heterocycles. The molecule has 218 valence electrons. The Bertz CT molecular complexity index is 2360. The quantitative estimate of drug-likeness (QED) is 0.105. The number of aromatic nitrogens is 1. The molecular formula is C43H31N3. The molecule has 0 bridgehead atoms. The van der Waals surface area contributed by atoms with Gasteiger partial charge in [-0.15, -0.1) is 6.58 Å². The first kappa shape index (κ1) is 27.5. The van der Waals surface area contributed by atoms with Gasteiger partial charge in [0.15, 0.2) is 5.84 Å². The Labute approximate surface area is 268 Å². The standard InChI is InChI=1S/C43H31N3/c1-3-16-39(31-19-8-5-9-20-31)45-43(44-29(2)30-17-6-4-7-18-30)32-27-37-34-22-11-10-21-33(34)35-23-12-14-25-40(35)46-41-26-15-13-24-36(41)38(28-32)42(37)46/h3-15,17-28H,1-2,16H2. The van der Waals surface area contributed by atoms with E-state index in [-0.39, 0.29) is 0 Å². The smallest absolute Gasteiger partial charge is 0.160 e. The lowest BCUT2D eigenvalue weighted by atomic mass is 9.92. The van der Waals surface area contributed by atoms with Gasteiger partial charge in [-0.3, -0.25) is 0 Å². The maximum atomic E-state index is 5.31. The van der Waals surface area contributed by atoms with Crippen LogP contribution in [0.1, 0.15) is 23.1 Å². The van der Waals surface area contributed by atoms with Crippen molar-refractivity contribution >= 4 is 39.1 Å². The highest BCUT2D eigenvalue weighted by Crippen LogP contribution is 2.47. The van der Waals surface area contributed by atoms with Crippen LogP contribution in [0.4, 0.5) is 0 Å². The van der Waals surface area contributed by atoms with Gasteiger partial charge in [0.25, 0.3) is 0 Å². The SMILES string of the molecule is C=CCC(=NC(=NC(=C)c1ccccc1)c1cc2c3c(c1)c1ccccc1n3-c1ccccc1-c1ccccc1-2)c1ccccc1. The number of aliphatic imine (C=N–C) groups is 2. The molecule has 1 aromatic heterocycles. The van der Waals surface area contributed by atoms with Crippen molar-refractivity contribution in [3.63, 3.8) is 0 Å². The molecule has 8 rings (SSSR count). The summed E-state index contributed by atoms with van der Waals surface area (Å²) in [6, 6.07) is 51.0. The highest BCUT2D eigenvalue weighted by atomic mass is 15.0. The van der Waals surface area contributed by atoms with E-state index in [1.807, 2.05) is 54.6 Å². The van der Waals surface area contributed by atoms with Crippen LogP contribution in [-0.2, 0) is 0 Å². The van der Waals surface area contributed by atoms with Gasteiger partial charge in [-0.2, -0.15) is 0 Å². The Balaban J connectivity index is 1.47. The minimum absolute atomic E-state index is 0.605. The highest BCUT2D eigenvalue weighted by molar-refractivity contribution is 6.21. The zero-order valence-corrected chi connectivity index (χ0v) is 25.4. The molecule has 2 heterocycles. The van der Waals surface area contributed by atoms with Crippen LogP contribution in [0.5, 0.6) is 0 Å². The third-order valence-corrected chi connectivity index (χ3v) is 8.71. The van der Waals surface area contributed by atoms with Gasteiger partial charge in [0.1, 0.15) is 0 Å². The number of allylic oxidation sites excluding steroid dienone is 1. The van der Waals surface area contributed by atoms with Crippen molar-refractivity contribution in [2.45, 2.75) is 6.42 Å². The van der Waals surface area contributed by atoms with E-state index >= 15 is 0 Å². The largest absolute Gasteiger partial charge is 0.308 e. The van der Waals surface area contributed by atoms with Gasteiger partial charge < -0.3 is 4.57 Å². The average Bonchev–Trinajstić information content (AvgIpc) is 3.39. The van der Waals surface area contributed by atoms with E-state index in [1.165, 1.54) is 38.8 Å². The zero-order chi connectivity index (χ0) is 31.0. The van der Waals surface area contributed by atoms with Crippen LogP contribution >= 0.6 is 0 Å². The summed E-state index contributed by atoms with van der Waals surface area (Å²) in [5, 5.41) is 2.35. The van der Waals surface area contributed by atoms with Gasteiger partial charge in [0, 0.05) is 33.9 Å². The summed E-state index contributed by atoms with van der Waals surface area (Å²) >= 11 is 0. The highest BCUT2D eigenvalue weighted by Gasteiger charge is 2.25. The van der Waals surface area contributed by atoms with Crippen LogP contribution in [0.25, 0.3) is 55.4 Å². The van der Waals surface area contributed by atoms with Crippen LogP contribution in [0.15, 0.2) is 175 Å². The molecule has 6 aromatic carbocycles. The number of amidine groups is 1. The van der Waals surface area contributed by atoms with Gasteiger partial charge in [-0.1, -0.05) is 134 Å². The molecule has 0 fully saturated rings. The molecule has 0 N–H and O–H groups in total. The number of nitrogens with zero attached hydrogens (tertiary/aromatic N) is 3. The fourth-order valence-electron chi connectivity index (χ4n) is 6.63. The number of hydrogen-bond acceptors (Lipinski definition) is 1. The van der Waals surface area contributed by atoms with Crippen molar-refractivity contribution in [1.29, 1.82) is 0 Å². The van der Waals surface area contributed by atoms with Crippen molar-refractivity contribution in [2.75, 3.05) is 0 Å². The second-order valence-corrected chi connectivity index (χ2v) is 11.5. The number of benzene rings is 6. The Morgan fingerprint density at radius 2 is 1.17 bits per heavy atom. The Kier molecular flexibility index (Phi) is 6.85. The Hall–Kier alpha value is -6.06. The lowest BCUT2D eigenvalue weighted by Gasteiger charge is -2.13. The Morgan fingerprint density at radius 3 is 1.91 bits per heavy atom. The van der Waals surface area contributed by atoms with Crippen molar-refractivity contribution < 1.29 is 0 Å². The summed E-state index contributed by atoms with van der Waals surface area (Å²) in [4.78, 5) is 10.5. The van der Waals surface area contributed by atoms with E-state index in [0.29, 0.717) is 18.0 Å². The molecule has 0 radical (unpaired) electrons. The molecular weight excluding hydrogens is 558 g/mol. The molecule has 0 saturated carbocycles. The number of rotatable bonds is 6. The first-order valence-corrected chi connectivity index (χ1v) is 15.5. The summed E-state index contributed by atoms with van der Waals surface area (Å²) in [7, 11) is 0. The third-order valence-electron chi connectivity index (χ3n) is 8.71. The summed E-state index contributed by atoms with van der Waals surface area (Å²) in [5.74, 6) is 0.615. The predicted molar refractivity (Wildman–Crippen MR) is 195 cm³/mol. The van der Waals surface area contributed by atoms with Gasteiger partial charge >= 0.3 is 0 Å². The first-order valence-electron chi connectivity index (χ1n) is 15.5. The lowest BCUT2D eigenvalue weighted by molar-refractivity contribution is 1.19. The minimum Gasteiger partial charge on any atom is -0.308 e. The van der Waals surface area contributed by atoms with Crippen LogP contribution in [0.2, 0.25) is 0 Å². The number of para-hydroxylation sites is 2. The second kappa shape index (κ2) is 11.5. The van der Waals surface area contributed by atoms with E-state index in [2.05, 4.69) is 115 Å². The van der Waals surface area contributed by atoms with Crippen LogP contribution < -0.4 is 0 Å². The van der Waals surface area contributed by atoms with E-state index < -0.39 is 0 Å². The normalized spacial score (nSPS) is 12.4. The molecule has 0 spiro atoms. The molecule has 0 aliphatic carbocycles. The van der Waals surface area contributed by atoms with Gasteiger partial charge in [-0.25, -0.2) is 9.98 Å². The van der Waals surface area contributed by atoms with E-state index in [1.54, 1.807) is 0 Å². The van der Waals surface area contributed by atoms with E-state index in [4.69, 9.17) is 9.98 Å². The maximum Gasteiger partial charge on any atom is 0.160 e. The van der Waals surface area contributed by atoms with Crippen molar-refractivity contribution in [2.24, 2.45) is 9.98 Å². The van der Waals surface area contributed by atoms with Crippen molar-refractivity contribution in [3.8, 4) is 27.9 Å². The lowest BCUT2D eigenvalue weighted by Crippen LogP contribution is -2.07. The fraction of sp³-hybridized carbons (Fsp3) is 0.0233. The zero-order valence-electron chi connectivity index (χ0n) is 25.4. The monoisotopic (exact) mass is 589 g/mol. The van der Waals surface area contributed by atoms with Gasteiger partial charge in [-0.05, 0) is 46.5 Å². The molecule has 3 nitrogen and oxygen atoms in total. The molecule has 1 aliphatic rings. The number of hydrogen-bond donors (Lipinski definition) is 0. The second-order valence-electron chi connectivity index (χ2n) is 11.5. The summed E-state index contributed by atoms with van der Waals surface area (Å²) < 4.78 is 2.43. The summed E-state index contributed by atoms with van der Waals surface area (Å²) in [6.45, 7) is 8.42. The molecule has 1 aliphatic heterocycles. The summed E-state index contributed by atoms with van der Waals surface area (Å²) in [6.07, 6.45) is 2.50. The van der Waals surface area contributed by atoms with Crippen LogP contribution in [-0.4, -0.2) is 16.1 Å². The molecule has 3 heteroatoms. The van der Waals surface area contributed by atoms with Crippen LogP contribution in [0, 0.1) is 0 Å². The maximum absolute atomic E-state index is 5.31. The average molecular weight is 590 g/mol. The molecule has 0 atom stereocenters. The molecule has 46 heavy (non-hydrogen) atoms. The number of fused-ring (bicyclic) bond motifs is 8. The molecule has 0 amide bonds. The Morgan fingerprint density at radius 1 is 0.565 bits per heavy atom. The molecule has 7 aromatic rings. The predicted octanol–water partition coefficient (Wildman–Crippen LogP) is 10.9. The van der Waals surface area contributed by atoms with E-state index in [0.717, 1.165) is 33.4 Å². The van der Waals surface area contributed by atoms with E-state index in [9.17, 15) is 0 Å². The molecule has 0 unspecified atom stereocenters. The topological polar surface area (TPSA) is 29.6 Å². The van der Waals surface area contributed by atoms with Crippen molar-refractivity contribution in [1.82, 2.24) is 4.57 Å². The van der Waals surface area contributed by atoms with Gasteiger partial charge in [0.2, 0.25) is 0 Å².